The highest BCUT2D eigenvalue weighted by Crippen LogP contribution is 2.16. The fourth-order valence-corrected chi connectivity index (χ4v) is 2.11. The van der Waals surface area contributed by atoms with E-state index in [0.29, 0.717) is 12.2 Å². The second-order valence-electron chi connectivity index (χ2n) is 6.11. The molecule has 0 aromatic carbocycles. The lowest BCUT2D eigenvalue weighted by Crippen LogP contribution is -2.28. The number of pyridine rings is 1. The molecule has 126 valence electrons. The van der Waals surface area contributed by atoms with Crippen molar-refractivity contribution in [1.82, 2.24) is 10.3 Å². The Labute approximate surface area is 142 Å². The molecule has 0 saturated heterocycles. The second kappa shape index (κ2) is 7.33. The number of hydrogen-bond donors (Lipinski definition) is 2. The Morgan fingerprint density at radius 3 is 2.75 bits per heavy atom. The summed E-state index contributed by atoms with van der Waals surface area (Å²) in [6, 6.07) is 8.72. The van der Waals surface area contributed by atoms with Crippen LogP contribution in [0.1, 0.15) is 60.9 Å². The van der Waals surface area contributed by atoms with E-state index in [9.17, 15) is 9.90 Å². The number of carbonyl (C=O) groups is 1. The molecule has 5 heteroatoms. The van der Waals surface area contributed by atoms with E-state index in [4.69, 9.17) is 4.42 Å². The van der Waals surface area contributed by atoms with E-state index >= 15 is 0 Å². The molecule has 0 fully saturated rings. The van der Waals surface area contributed by atoms with Crippen LogP contribution in [0.4, 0.5) is 0 Å². The highest BCUT2D eigenvalue weighted by Gasteiger charge is 2.18. The fraction of sp³-hybridized carbons (Fsp3) is 0.368. The van der Waals surface area contributed by atoms with Gasteiger partial charge in [0.2, 0.25) is 0 Å². The monoisotopic (exact) mass is 326 g/mol. The number of furan rings is 1. The van der Waals surface area contributed by atoms with Crippen LogP contribution in [0.15, 0.2) is 34.7 Å². The SMILES string of the molecule is CC[C@@H](NC(=O)c1ccc(C#CC(C)(C)O)o1)c1cccc(C)n1. The molecule has 0 unspecified atom stereocenters. The second-order valence-corrected chi connectivity index (χ2v) is 6.11. The summed E-state index contributed by atoms with van der Waals surface area (Å²) in [5.41, 5.74) is 0.612. The van der Waals surface area contributed by atoms with Gasteiger partial charge in [0, 0.05) is 5.69 Å². The topological polar surface area (TPSA) is 75.4 Å². The summed E-state index contributed by atoms with van der Waals surface area (Å²) < 4.78 is 5.43. The summed E-state index contributed by atoms with van der Waals surface area (Å²) in [5.74, 6) is 5.55. The minimum Gasteiger partial charge on any atom is -0.443 e. The number of aliphatic hydroxyl groups is 1. The van der Waals surface area contributed by atoms with Crippen LogP contribution >= 0.6 is 0 Å². The van der Waals surface area contributed by atoms with Gasteiger partial charge in [-0.05, 0) is 57.4 Å². The quantitative estimate of drug-likeness (QED) is 0.847. The van der Waals surface area contributed by atoms with Crippen molar-refractivity contribution in [2.24, 2.45) is 0 Å². The van der Waals surface area contributed by atoms with E-state index in [1.165, 1.54) is 0 Å². The van der Waals surface area contributed by atoms with E-state index < -0.39 is 5.60 Å². The van der Waals surface area contributed by atoms with E-state index in [2.05, 4.69) is 22.1 Å². The third-order valence-corrected chi connectivity index (χ3v) is 3.30. The first-order valence-corrected chi connectivity index (χ1v) is 7.88. The molecular weight excluding hydrogens is 304 g/mol. The van der Waals surface area contributed by atoms with E-state index in [1.54, 1.807) is 26.0 Å². The van der Waals surface area contributed by atoms with Gasteiger partial charge < -0.3 is 14.8 Å². The van der Waals surface area contributed by atoms with Gasteiger partial charge in [-0.1, -0.05) is 18.9 Å². The molecule has 0 aliphatic heterocycles. The van der Waals surface area contributed by atoms with Crippen LogP contribution in [0, 0.1) is 18.8 Å². The number of nitrogens with zero attached hydrogens (tertiary/aromatic N) is 1. The maximum Gasteiger partial charge on any atom is 0.287 e. The predicted octanol–water partition coefficient (Wildman–Crippen LogP) is 2.99. The van der Waals surface area contributed by atoms with Gasteiger partial charge in [0.25, 0.3) is 5.91 Å². The lowest BCUT2D eigenvalue weighted by Gasteiger charge is -2.16. The predicted molar refractivity (Wildman–Crippen MR) is 91.4 cm³/mol. The maximum atomic E-state index is 12.4. The Kier molecular flexibility index (Phi) is 5.42. The molecule has 0 aliphatic carbocycles. The van der Waals surface area contributed by atoms with Crippen LogP contribution in [0.5, 0.6) is 0 Å². The molecule has 5 nitrogen and oxygen atoms in total. The van der Waals surface area contributed by atoms with E-state index in [0.717, 1.165) is 11.4 Å². The highest BCUT2D eigenvalue weighted by molar-refractivity contribution is 5.91. The van der Waals surface area contributed by atoms with Crippen molar-refractivity contribution < 1.29 is 14.3 Å². The van der Waals surface area contributed by atoms with Gasteiger partial charge in [-0.25, -0.2) is 0 Å². The lowest BCUT2D eigenvalue weighted by atomic mass is 10.1. The number of nitrogens with one attached hydrogen (secondary N) is 1. The number of rotatable bonds is 4. The zero-order chi connectivity index (χ0) is 17.7. The van der Waals surface area contributed by atoms with Crippen LogP contribution in [0.2, 0.25) is 0 Å². The highest BCUT2D eigenvalue weighted by atomic mass is 16.3. The normalized spacial score (nSPS) is 12.2. The van der Waals surface area contributed by atoms with Gasteiger partial charge in [0.15, 0.2) is 11.5 Å². The Hall–Kier alpha value is -2.58. The summed E-state index contributed by atoms with van der Waals surface area (Å²) in [7, 11) is 0. The Morgan fingerprint density at radius 1 is 1.38 bits per heavy atom. The number of aromatic nitrogens is 1. The molecule has 2 aromatic heterocycles. The van der Waals surface area contributed by atoms with Crippen molar-refractivity contribution in [3.05, 3.63) is 53.2 Å². The average molecular weight is 326 g/mol. The van der Waals surface area contributed by atoms with Crippen molar-refractivity contribution in [1.29, 1.82) is 0 Å². The fourth-order valence-electron chi connectivity index (χ4n) is 2.11. The molecule has 1 amide bonds. The summed E-state index contributed by atoms with van der Waals surface area (Å²) in [5, 5.41) is 12.5. The minimum atomic E-state index is -1.11. The van der Waals surface area contributed by atoms with Crippen LogP contribution in [0.25, 0.3) is 0 Å². The van der Waals surface area contributed by atoms with Crippen molar-refractivity contribution in [3.63, 3.8) is 0 Å². The smallest absolute Gasteiger partial charge is 0.287 e. The molecule has 0 radical (unpaired) electrons. The number of hydrogen-bond acceptors (Lipinski definition) is 4. The largest absolute Gasteiger partial charge is 0.443 e. The first-order chi connectivity index (χ1) is 11.3. The van der Waals surface area contributed by atoms with Crippen LogP contribution < -0.4 is 5.32 Å². The Bertz CT molecular complexity index is 776. The molecule has 1 atom stereocenters. The molecule has 0 saturated carbocycles. The number of carbonyl (C=O) groups excluding carboxylic acids is 1. The Morgan fingerprint density at radius 2 is 2.12 bits per heavy atom. The van der Waals surface area contributed by atoms with Crippen molar-refractivity contribution in [2.75, 3.05) is 0 Å². The van der Waals surface area contributed by atoms with Crippen LogP contribution in [0.3, 0.4) is 0 Å². The third kappa shape index (κ3) is 4.97. The van der Waals surface area contributed by atoms with Gasteiger partial charge in [-0.15, -0.1) is 0 Å². The molecule has 0 aliphatic rings. The van der Waals surface area contributed by atoms with Gasteiger partial charge in [-0.3, -0.25) is 9.78 Å². The van der Waals surface area contributed by atoms with E-state index in [1.807, 2.05) is 32.0 Å². The molecular formula is C19H22N2O3. The zero-order valence-electron chi connectivity index (χ0n) is 14.4. The Balaban J connectivity index is 2.11. The molecule has 2 N–H and O–H groups in total. The molecule has 2 heterocycles. The standard InChI is InChI=1S/C19H22N2O3/c1-5-15(16-8-6-7-13(2)20-16)21-18(22)17-10-9-14(24-17)11-12-19(3,4)23/h6-10,15,23H,5H2,1-4H3,(H,21,22)/t15-/m1/s1. The van der Waals surface area contributed by atoms with Crippen molar-refractivity contribution >= 4 is 5.91 Å². The minimum absolute atomic E-state index is 0.182. The van der Waals surface area contributed by atoms with Gasteiger partial charge in [0.1, 0.15) is 5.60 Å². The number of amides is 1. The first kappa shape index (κ1) is 17.8. The molecule has 0 spiro atoms. The van der Waals surface area contributed by atoms with Crippen LogP contribution in [-0.4, -0.2) is 21.6 Å². The maximum absolute atomic E-state index is 12.4. The molecule has 2 aromatic rings. The molecule has 0 bridgehead atoms. The van der Waals surface area contributed by atoms with E-state index in [-0.39, 0.29) is 17.7 Å². The summed E-state index contributed by atoms with van der Waals surface area (Å²) in [6.45, 7) is 7.06. The van der Waals surface area contributed by atoms with Gasteiger partial charge in [0.05, 0.1) is 11.7 Å². The zero-order valence-corrected chi connectivity index (χ0v) is 14.4. The lowest BCUT2D eigenvalue weighted by molar-refractivity contribution is 0.0906. The summed E-state index contributed by atoms with van der Waals surface area (Å²) in [6.07, 6.45) is 0.717. The third-order valence-electron chi connectivity index (χ3n) is 3.30. The van der Waals surface area contributed by atoms with Crippen molar-refractivity contribution in [3.8, 4) is 11.8 Å². The van der Waals surface area contributed by atoms with Crippen LogP contribution in [-0.2, 0) is 0 Å². The summed E-state index contributed by atoms with van der Waals surface area (Å²) >= 11 is 0. The molecule has 2 rings (SSSR count). The van der Waals surface area contributed by atoms with Gasteiger partial charge >= 0.3 is 0 Å². The summed E-state index contributed by atoms with van der Waals surface area (Å²) in [4.78, 5) is 16.8. The van der Waals surface area contributed by atoms with Crippen molar-refractivity contribution in [2.45, 2.75) is 45.8 Å². The van der Waals surface area contributed by atoms with Gasteiger partial charge in [-0.2, -0.15) is 0 Å². The first-order valence-electron chi connectivity index (χ1n) is 7.88. The average Bonchev–Trinajstić information content (AvgIpc) is 2.99. The number of aryl methyl sites for hydroxylation is 1. The molecule has 24 heavy (non-hydrogen) atoms.